The first-order chi connectivity index (χ1) is 6.34. The molecule has 1 aliphatic carbocycles. The number of hydrazone groups is 1. The molecular formula is C8H9ClN4. The number of halogens is 1. The number of rotatable bonds is 3. The number of nitrogens with zero attached hydrogens (tertiary/aromatic N) is 3. The molecule has 0 unspecified atom stereocenters. The summed E-state index contributed by atoms with van der Waals surface area (Å²) in [6, 6.07) is 0. The lowest BCUT2D eigenvalue weighted by Gasteiger charge is -1.97. The van der Waals surface area contributed by atoms with E-state index in [1.807, 2.05) is 6.21 Å². The van der Waals surface area contributed by atoms with Gasteiger partial charge < -0.3 is 0 Å². The van der Waals surface area contributed by atoms with Crippen molar-refractivity contribution in [2.75, 3.05) is 5.43 Å². The molecule has 0 aromatic carbocycles. The van der Waals surface area contributed by atoms with Crippen molar-refractivity contribution in [1.82, 2.24) is 9.97 Å². The summed E-state index contributed by atoms with van der Waals surface area (Å²) >= 11 is 5.63. The Morgan fingerprint density at radius 1 is 1.54 bits per heavy atom. The topological polar surface area (TPSA) is 50.2 Å². The number of anilines is 1. The van der Waals surface area contributed by atoms with Crippen LogP contribution < -0.4 is 5.43 Å². The average Bonchev–Trinajstić information content (AvgIpc) is 2.88. The van der Waals surface area contributed by atoms with E-state index in [2.05, 4.69) is 20.5 Å². The minimum Gasteiger partial charge on any atom is -0.260 e. The summed E-state index contributed by atoms with van der Waals surface area (Å²) in [6.07, 6.45) is 7.44. The molecule has 1 fully saturated rings. The van der Waals surface area contributed by atoms with Gasteiger partial charge in [0.15, 0.2) is 5.82 Å². The molecule has 1 N–H and O–H groups in total. The molecule has 2 rings (SSSR count). The zero-order chi connectivity index (χ0) is 9.10. The van der Waals surface area contributed by atoms with Gasteiger partial charge >= 0.3 is 0 Å². The maximum absolute atomic E-state index is 5.63. The molecule has 1 aromatic heterocycles. The molecule has 0 spiro atoms. The summed E-state index contributed by atoms with van der Waals surface area (Å²) in [5.74, 6) is 1.23. The van der Waals surface area contributed by atoms with Crippen molar-refractivity contribution in [3.63, 3.8) is 0 Å². The Labute approximate surface area is 81.0 Å². The third-order valence-corrected chi connectivity index (χ3v) is 1.87. The third-order valence-electron chi connectivity index (χ3n) is 1.69. The largest absolute Gasteiger partial charge is 0.260 e. The van der Waals surface area contributed by atoms with Gasteiger partial charge in [-0.15, -0.1) is 0 Å². The molecule has 1 aliphatic rings. The molecule has 0 bridgehead atoms. The lowest BCUT2D eigenvalue weighted by molar-refractivity contribution is 1.14. The van der Waals surface area contributed by atoms with Gasteiger partial charge in [0.2, 0.25) is 0 Å². The molecule has 1 heterocycles. The van der Waals surface area contributed by atoms with Crippen LogP contribution in [0.2, 0.25) is 5.15 Å². The Bertz CT molecular complexity index is 322. The normalized spacial score (nSPS) is 16.4. The zero-order valence-electron chi connectivity index (χ0n) is 6.94. The minimum atomic E-state index is 0.367. The van der Waals surface area contributed by atoms with E-state index in [1.165, 1.54) is 19.0 Å². The van der Waals surface area contributed by atoms with Gasteiger partial charge in [0, 0.05) is 6.21 Å². The summed E-state index contributed by atoms with van der Waals surface area (Å²) in [5.41, 5.74) is 2.77. The highest BCUT2D eigenvalue weighted by Crippen LogP contribution is 2.26. The Balaban J connectivity index is 1.92. The van der Waals surface area contributed by atoms with Crippen LogP contribution in [-0.4, -0.2) is 16.2 Å². The summed E-state index contributed by atoms with van der Waals surface area (Å²) in [4.78, 5) is 7.84. The standard InChI is InChI=1S/C8H9ClN4/c9-7-4-10-5-8(12-7)13-11-3-6-1-2-6/h3-6H,1-2H2,(H,12,13)/b11-3+. The molecule has 1 aromatic rings. The highest BCUT2D eigenvalue weighted by molar-refractivity contribution is 6.29. The van der Waals surface area contributed by atoms with Crippen LogP contribution in [-0.2, 0) is 0 Å². The second kappa shape index (κ2) is 3.70. The highest BCUT2D eigenvalue weighted by atomic mass is 35.5. The van der Waals surface area contributed by atoms with Gasteiger partial charge in [-0.3, -0.25) is 10.4 Å². The second-order valence-corrected chi connectivity index (χ2v) is 3.34. The smallest absolute Gasteiger partial charge is 0.166 e. The van der Waals surface area contributed by atoms with Crippen molar-refractivity contribution in [2.45, 2.75) is 12.8 Å². The predicted octanol–water partition coefficient (Wildman–Crippen LogP) is 1.94. The van der Waals surface area contributed by atoms with Crippen LogP contribution in [0.15, 0.2) is 17.5 Å². The van der Waals surface area contributed by atoms with E-state index >= 15 is 0 Å². The fraction of sp³-hybridized carbons (Fsp3) is 0.375. The van der Waals surface area contributed by atoms with Gasteiger partial charge in [-0.1, -0.05) is 11.6 Å². The van der Waals surface area contributed by atoms with Crippen molar-refractivity contribution in [3.8, 4) is 0 Å². The van der Waals surface area contributed by atoms with E-state index < -0.39 is 0 Å². The summed E-state index contributed by atoms with van der Waals surface area (Å²) < 4.78 is 0. The summed E-state index contributed by atoms with van der Waals surface area (Å²) in [7, 11) is 0. The number of nitrogens with one attached hydrogen (secondary N) is 1. The van der Waals surface area contributed by atoms with E-state index in [0.29, 0.717) is 16.9 Å². The van der Waals surface area contributed by atoms with Gasteiger partial charge in [0.05, 0.1) is 12.4 Å². The molecular weight excluding hydrogens is 188 g/mol. The third kappa shape index (κ3) is 2.66. The highest BCUT2D eigenvalue weighted by Gasteiger charge is 2.18. The van der Waals surface area contributed by atoms with E-state index in [-0.39, 0.29) is 0 Å². The Morgan fingerprint density at radius 3 is 3.08 bits per heavy atom. The molecule has 0 atom stereocenters. The molecule has 0 amide bonds. The summed E-state index contributed by atoms with van der Waals surface area (Å²) in [5, 5.41) is 4.38. The van der Waals surface area contributed by atoms with E-state index in [0.717, 1.165) is 0 Å². The monoisotopic (exact) mass is 196 g/mol. The minimum absolute atomic E-state index is 0.367. The molecule has 1 saturated carbocycles. The molecule has 0 radical (unpaired) electrons. The lowest BCUT2D eigenvalue weighted by atomic mass is 10.5. The van der Waals surface area contributed by atoms with Gasteiger partial charge in [-0.05, 0) is 18.8 Å². The predicted molar refractivity (Wildman–Crippen MR) is 51.9 cm³/mol. The first kappa shape index (κ1) is 8.44. The van der Waals surface area contributed by atoms with E-state index in [9.17, 15) is 0 Å². The van der Waals surface area contributed by atoms with Crippen molar-refractivity contribution in [2.24, 2.45) is 11.0 Å². The molecule has 5 heteroatoms. The lowest BCUT2D eigenvalue weighted by Crippen LogP contribution is -1.94. The van der Waals surface area contributed by atoms with Crippen LogP contribution in [0, 0.1) is 5.92 Å². The Morgan fingerprint density at radius 2 is 2.38 bits per heavy atom. The van der Waals surface area contributed by atoms with Gasteiger partial charge in [-0.25, -0.2) is 4.98 Å². The molecule has 13 heavy (non-hydrogen) atoms. The molecule has 68 valence electrons. The molecule has 0 saturated heterocycles. The van der Waals surface area contributed by atoms with Crippen LogP contribution in [0.1, 0.15) is 12.8 Å². The van der Waals surface area contributed by atoms with Crippen LogP contribution in [0.25, 0.3) is 0 Å². The molecule has 4 nitrogen and oxygen atoms in total. The Hall–Kier alpha value is -1.16. The van der Waals surface area contributed by atoms with Crippen LogP contribution in [0.5, 0.6) is 0 Å². The number of hydrogen-bond acceptors (Lipinski definition) is 4. The fourth-order valence-electron chi connectivity index (χ4n) is 0.850. The van der Waals surface area contributed by atoms with Gasteiger partial charge in [-0.2, -0.15) is 5.10 Å². The van der Waals surface area contributed by atoms with Crippen molar-refractivity contribution < 1.29 is 0 Å². The van der Waals surface area contributed by atoms with Gasteiger partial charge in [0.25, 0.3) is 0 Å². The van der Waals surface area contributed by atoms with E-state index in [1.54, 1.807) is 6.20 Å². The zero-order valence-corrected chi connectivity index (χ0v) is 7.70. The SMILES string of the molecule is Clc1cncc(N/N=C/C2CC2)n1. The van der Waals surface area contributed by atoms with Gasteiger partial charge in [0.1, 0.15) is 5.15 Å². The quantitative estimate of drug-likeness (QED) is 0.594. The van der Waals surface area contributed by atoms with Crippen molar-refractivity contribution in [3.05, 3.63) is 17.5 Å². The average molecular weight is 197 g/mol. The maximum Gasteiger partial charge on any atom is 0.166 e. The first-order valence-corrected chi connectivity index (χ1v) is 4.49. The Kier molecular flexibility index (Phi) is 2.40. The first-order valence-electron chi connectivity index (χ1n) is 4.11. The number of aromatic nitrogens is 2. The van der Waals surface area contributed by atoms with Crippen LogP contribution in [0.3, 0.4) is 0 Å². The fourth-order valence-corrected chi connectivity index (χ4v) is 0.998. The van der Waals surface area contributed by atoms with Crippen molar-refractivity contribution >= 4 is 23.6 Å². The van der Waals surface area contributed by atoms with E-state index in [4.69, 9.17) is 11.6 Å². The second-order valence-electron chi connectivity index (χ2n) is 2.95. The summed E-state index contributed by atoms with van der Waals surface area (Å²) in [6.45, 7) is 0. The maximum atomic E-state index is 5.63. The van der Waals surface area contributed by atoms with Crippen molar-refractivity contribution in [1.29, 1.82) is 0 Å². The number of hydrogen-bond donors (Lipinski definition) is 1. The molecule has 0 aliphatic heterocycles. The van der Waals surface area contributed by atoms with Crippen LogP contribution in [0.4, 0.5) is 5.82 Å². The van der Waals surface area contributed by atoms with Crippen LogP contribution >= 0.6 is 11.6 Å².